The second kappa shape index (κ2) is 7.87. The van der Waals surface area contributed by atoms with Crippen LogP contribution < -0.4 is 5.32 Å². The number of allylic oxidation sites excluding steroid dienone is 9. The van der Waals surface area contributed by atoms with Gasteiger partial charge in [0, 0.05) is 18.2 Å². The highest BCUT2D eigenvalue weighted by atomic mass is 14.9. The van der Waals surface area contributed by atoms with Gasteiger partial charge in [0.05, 0.1) is 0 Å². The molecule has 112 valence electrons. The van der Waals surface area contributed by atoms with Crippen molar-refractivity contribution in [3.8, 4) is 0 Å². The van der Waals surface area contributed by atoms with Crippen molar-refractivity contribution in [1.82, 2.24) is 5.32 Å². The molecule has 1 N–H and O–H groups in total. The van der Waals surface area contributed by atoms with Crippen LogP contribution in [0.25, 0.3) is 0 Å². The maximum atomic E-state index is 4.18. The molecule has 0 spiro atoms. The summed E-state index contributed by atoms with van der Waals surface area (Å²) in [5, 5.41) is 3.45. The normalized spacial score (nSPS) is 20.6. The molecular weight excluding hydrogens is 254 g/mol. The highest BCUT2D eigenvalue weighted by Gasteiger charge is 2.18. The molecule has 1 heteroatoms. The molecule has 0 aromatic heterocycles. The molecule has 0 saturated carbocycles. The molecule has 0 radical (unpaired) electrons. The molecule has 0 amide bonds. The summed E-state index contributed by atoms with van der Waals surface area (Å²) in [4.78, 5) is 0. The summed E-state index contributed by atoms with van der Waals surface area (Å²) in [5.41, 5.74) is 5.32. The lowest BCUT2D eigenvalue weighted by atomic mass is 9.88. The smallest absolute Gasteiger partial charge is 0.0302 e. The summed E-state index contributed by atoms with van der Waals surface area (Å²) in [6, 6.07) is 0. The van der Waals surface area contributed by atoms with Gasteiger partial charge in [0.1, 0.15) is 0 Å². The lowest BCUT2D eigenvalue weighted by Crippen LogP contribution is -2.15. The van der Waals surface area contributed by atoms with Crippen LogP contribution in [-0.2, 0) is 0 Å². The molecule has 0 aromatic rings. The quantitative estimate of drug-likeness (QED) is 0.475. The first-order chi connectivity index (χ1) is 10.2. The van der Waals surface area contributed by atoms with Gasteiger partial charge in [0.15, 0.2) is 0 Å². The van der Waals surface area contributed by atoms with Crippen LogP contribution in [0.2, 0.25) is 0 Å². The van der Waals surface area contributed by atoms with Crippen LogP contribution in [0.1, 0.15) is 39.0 Å². The topological polar surface area (TPSA) is 12.0 Å². The maximum Gasteiger partial charge on any atom is 0.0302 e. The van der Waals surface area contributed by atoms with Crippen molar-refractivity contribution in [2.75, 3.05) is 6.54 Å². The van der Waals surface area contributed by atoms with Crippen LogP contribution in [-0.4, -0.2) is 6.54 Å². The summed E-state index contributed by atoms with van der Waals surface area (Å²) in [6.07, 6.45) is 19.0. The van der Waals surface area contributed by atoms with Gasteiger partial charge in [-0.25, -0.2) is 0 Å². The van der Waals surface area contributed by atoms with E-state index in [1.165, 1.54) is 29.6 Å². The largest absolute Gasteiger partial charge is 0.385 e. The third-order valence-corrected chi connectivity index (χ3v) is 4.22. The number of rotatable bonds is 8. The van der Waals surface area contributed by atoms with E-state index in [1.807, 2.05) is 6.08 Å². The molecule has 0 saturated heterocycles. The molecule has 0 bridgehead atoms. The Balaban J connectivity index is 1.72. The highest BCUT2D eigenvalue weighted by molar-refractivity contribution is 5.43. The molecule has 2 aliphatic carbocycles. The Labute approximate surface area is 129 Å². The number of hydrogen-bond acceptors (Lipinski definition) is 1. The van der Waals surface area contributed by atoms with Gasteiger partial charge in [-0.15, -0.1) is 6.58 Å². The van der Waals surface area contributed by atoms with E-state index < -0.39 is 0 Å². The lowest BCUT2D eigenvalue weighted by Gasteiger charge is -2.18. The van der Waals surface area contributed by atoms with Gasteiger partial charge in [-0.2, -0.15) is 0 Å². The van der Waals surface area contributed by atoms with E-state index in [4.69, 9.17) is 0 Å². The minimum absolute atomic E-state index is 0.572. The number of unbranched alkanes of at least 4 members (excludes halogenated alkanes) is 2. The first kappa shape index (κ1) is 15.6. The summed E-state index contributed by atoms with van der Waals surface area (Å²) < 4.78 is 0. The molecule has 0 aliphatic heterocycles. The van der Waals surface area contributed by atoms with E-state index in [2.05, 4.69) is 55.8 Å². The molecule has 1 unspecified atom stereocenters. The van der Waals surface area contributed by atoms with Gasteiger partial charge in [-0.05, 0) is 44.6 Å². The Morgan fingerprint density at radius 1 is 1.38 bits per heavy atom. The molecule has 0 fully saturated rings. The molecule has 0 heterocycles. The van der Waals surface area contributed by atoms with Crippen LogP contribution in [0.4, 0.5) is 0 Å². The summed E-state index contributed by atoms with van der Waals surface area (Å²) >= 11 is 0. The van der Waals surface area contributed by atoms with Crippen molar-refractivity contribution in [1.29, 1.82) is 0 Å². The van der Waals surface area contributed by atoms with Crippen LogP contribution in [0.15, 0.2) is 72.0 Å². The van der Waals surface area contributed by atoms with E-state index in [0.717, 1.165) is 31.5 Å². The van der Waals surface area contributed by atoms with E-state index >= 15 is 0 Å². The van der Waals surface area contributed by atoms with E-state index in [9.17, 15) is 0 Å². The van der Waals surface area contributed by atoms with Gasteiger partial charge < -0.3 is 5.32 Å². The van der Waals surface area contributed by atoms with Crippen LogP contribution in [0.3, 0.4) is 0 Å². The average Bonchev–Trinajstić information content (AvgIpc) is 2.97. The van der Waals surface area contributed by atoms with Gasteiger partial charge in [-0.1, -0.05) is 54.2 Å². The summed E-state index contributed by atoms with van der Waals surface area (Å²) in [7, 11) is 0. The first-order valence-electron chi connectivity index (χ1n) is 7.99. The zero-order valence-electron chi connectivity index (χ0n) is 13.2. The monoisotopic (exact) mass is 281 g/mol. The first-order valence-corrected chi connectivity index (χ1v) is 7.99. The van der Waals surface area contributed by atoms with E-state index in [-0.39, 0.29) is 0 Å². The standard InChI is InChI=1S/C20H27N/c1-4-5-6-7-14-21-17(3)19-12-13-20(15-19)18-10-8-16(2)9-11-18/h4,8-10,12-13,18,21H,1,3,5-7,11,14-15H2,2H3. The fourth-order valence-corrected chi connectivity index (χ4v) is 2.78. The SMILES string of the molecule is C=CCCCCNC(=C)C1=CC=C(C2C=CC(C)=CC2)C1. The van der Waals surface area contributed by atoms with Gasteiger partial charge in [0.2, 0.25) is 0 Å². The van der Waals surface area contributed by atoms with Crippen molar-refractivity contribution in [2.45, 2.75) is 39.0 Å². The zero-order valence-corrected chi connectivity index (χ0v) is 13.2. The summed E-state index contributed by atoms with van der Waals surface area (Å²) in [6.45, 7) is 11.1. The number of hydrogen-bond donors (Lipinski definition) is 1. The predicted molar refractivity (Wildman–Crippen MR) is 93.0 cm³/mol. The van der Waals surface area contributed by atoms with Crippen molar-refractivity contribution < 1.29 is 0 Å². The zero-order chi connectivity index (χ0) is 15.1. The molecule has 1 atom stereocenters. The van der Waals surface area contributed by atoms with Crippen LogP contribution in [0, 0.1) is 5.92 Å². The Morgan fingerprint density at radius 2 is 2.24 bits per heavy atom. The molecular formula is C20H27N. The Kier molecular flexibility index (Phi) is 5.86. The molecule has 2 aliphatic rings. The average molecular weight is 281 g/mol. The minimum atomic E-state index is 0.572. The molecule has 21 heavy (non-hydrogen) atoms. The molecule has 0 aromatic carbocycles. The Bertz CT molecular complexity index is 514. The lowest BCUT2D eigenvalue weighted by molar-refractivity contribution is 0.684. The minimum Gasteiger partial charge on any atom is -0.385 e. The van der Waals surface area contributed by atoms with Crippen LogP contribution in [0.5, 0.6) is 0 Å². The van der Waals surface area contributed by atoms with Gasteiger partial charge in [-0.3, -0.25) is 0 Å². The third-order valence-electron chi connectivity index (χ3n) is 4.22. The van der Waals surface area contributed by atoms with E-state index in [1.54, 1.807) is 0 Å². The van der Waals surface area contributed by atoms with Crippen molar-refractivity contribution in [2.24, 2.45) is 5.92 Å². The second-order valence-electron chi connectivity index (χ2n) is 5.95. The van der Waals surface area contributed by atoms with Crippen LogP contribution >= 0.6 is 0 Å². The molecule has 2 rings (SSSR count). The number of nitrogens with one attached hydrogen (secondary N) is 1. The maximum absolute atomic E-state index is 4.18. The third kappa shape index (κ3) is 4.63. The van der Waals surface area contributed by atoms with Crippen molar-refractivity contribution in [3.05, 3.63) is 72.0 Å². The predicted octanol–water partition coefficient (Wildman–Crippen LogP) is 5.22. The Hall–Kier alpha value is -1.76. The molecule has 1 nitrogen and oxygen atoms in total. The fraction of sp³-hybridized carbons (Fsp3) is 0.400. The van der Waals surface area contributed by atoms with Crippen molar-refractivity contribution >= 4 is 0 Å². The van der Waals surface area contributed by atoms with Gasteiger partial charge in [0.25, 0.3) is 0 Å². The summed E-state index contributed by atoms with van der Waals surface area (Å²) in [5.74, 6) is 0.572. The van der Waals surface area contributed by atoms with Gasteiger partial charge >= 0.3 is 0 Å². The van der Waals surface area contributed by atoms with E-state index in [0.29, 0.717) is 5.92 Å². The fourth-order valence-electron chi connectivity index (χ4n) is 2.78. The van der Waals surface area contributed by atoms with Crippen molar-refractivity contribution in [3.63, 3.8) is 0 Å². The Morgan fingerprint density at radius 3 is 2.95 bits per heavy atom. The second-order valence-corrected chi connectivity index (χ2v) is 5.95. The highest BCUT2D eigenvalue weighted by Crippen LogP contribution is 2.33.